The van der Waals surface area contributed by atoms with Crippen LogP contribution in [0.2, 0.25) is 0 Å². The summed E-state index contributed by atoms with van der Waals surface area (Å²) in [5.74, 6) is -0.0361. The Morgan fingerprint density at radius 2 is 1.97 bits per heavy atom. The van der Waals surface area contributed by atoms with Crippen LogP contribution in [0, 0.1) is 10.1 Å². The van der Waals surface area contributed by atoms with Crippen LogP contribution >= 0.6 is 0 Å². The Morgan fingerprint density at radius 1 is 1.18 bits per heavy atom. The van der Waals surface area contributed by atoms with Crippen LogP contribution in [0.3, 0.4) is 0 Å². The molecular formula is C28H32N8O3. The van der Waals surface area contributed by atoms with Gasteiger partial charge in [-0.15, -0.1) is 0 Å². The summed E-state index contributed by atoms with van der Waals surface area (Å²) >= 11 is 0. The number of pyridine rings is 1. The van der Waals surface area contributed by atoms with Crippen molar-refractivity contribution in [2.24, 2.45) is 0 Å². The van der Waals surface area contributed by atoms with Gasteiger partial charge in [-0.05, 0) is 57.1 Å². The fourth-order valence-corrected chi connectivity index (χ4v) is 5.03. The second-order valence-electron chi connectivity index (χ2n) is 10.1. The first-order valence-corrected chi connectivity index (χ1v) is 12.9. The van der Waals surface area contributed by atoms with E-state index in [0.717, 1.165) is 36.2 Å². The number of nitrogen functional groups attached to an aromatic ring is 1. The van der Waals surface area contributed by atoms with Crippen LogP contribution in [0.1, 0.15) is 28.9 Å². The molecule has 0 spiro atoms. The van der Waals surface area contributed by atoms with Gasteiger partial charge >= 0.3 is 5.69 Å². The largest absolute Gasteiger partial charge is 0.378 e. The summed E-state index contributed by atoms with van der Waals surface area (Å²) in [7, 11) is 4.10. The fourth-order valence-electron chi connectivity index (χ4n) is 5.03. The summed E-state index contributed by atoms with van der Waals surface area (Å²) in [5, 5.41) is 11.0. The van der Waals surface area contributed by atoms with Gasteiger partial charge in [0.1, 0.15) is 0 Å². The maximum absolute atomic E-state index is 13.7. The van der Waals surface area contributed by atoms with Gasteiger partial charge in [0.25, 0.3) is 5.91 Å². The monoisotopic (exact) mass is 528 g/mol. The number of nitrogens with zero attached hydrogens (tertiary/aromatic N) is 7. The van der Waals surface area contributed by atoms with E-state index in [2.05, 4.69) is 29.0 Å². The average molecular weight is 529 g/mol. The van der Waals surface area contributed by atoms with Gasteiger partial charge < -0.3 is 24.7 Å². The summed E-state index contributed by atoms with van der Waals surface area (Å²) in [6.07, 6.45) is 11.6. The molecular weight excluding hydrogens is 496 g/mol. The zero-order valence-electron chi connectivity index (χ0n) is 22.1. The Morgan fingerprint density at radius 3 is 2.62 bits per heavy atom. The van der Waals surface area contributed by atoms with Crippen LogP contribution in [0.5, 0.6) is 0 Å². The third-order valence-corrected chi connectivity index (χ3v) is 7.28. The Labute approximate surface area is 226 Å². The van der Waals surface area contributed by atoms with Gasteiger partial charge in [-0.25, -0.2) is 9.97 Å². The molecule has 1 amide bonds. The minimum absolute atomic E-state index is 0.0385. The number of likely N-dealkylation sites (tertiary alicyclic amines) is 1. The molecule has 1 atom stereocenters. The van der Waals surface area contributed by atoms with Gasteiger partial charge in [0.2, 0.25) is 5.82 Å². The van der Waals surface area contributed by atoms with E-state index in [1.54, 1.807) is 18.6 Å². The first kappa shape index (κ1) is 26.1. The number of aromatic nitrogens is 4. The van der Waals surface area contributed by atoms with E-state index in [4.69, 9.17) is 5.73 Å². The highest BCUT2D eigenvalue weighted by Gasteiger charge is 2.30. The van der Waals surface area contributed by atoms with E-state index in [0.29, 0.717) is 36.8 Å². The lowest BCUT2D eigenvalue weighted by Crippen LogP contribution is -2.34. The number of carbonyl (C=O) groups excluding carboxylic acids is 1. The Kier molecular flexibility index (Phi) is 7.42. The molecule has 4 aromatic rings. The van der Waals surface area contributed by atoms with E-state index in [1.165, 1.54) is 6.07 Å². The number of aryl methyl sites for hydroxylation is 2. The van der Waals surface area contributed by atoms with Crippen molar-refractivity contribution in [2.75, 3.05) is 32.9 Å². The van der Waals surface area contributed by atoms with E-state index in [9.17, 15) is 14.9 Å². The minimum atomic E-state index is -0.533. The van der Waals surface area contributed by atoms with Crippen LogP contribution in [0.4, 0.5) is 11.5 Å². The molecule has 11 heteroatoms. The lowest BCUT2D eigenvalue weighted by molar-refractivity contribution is -0.384. The van der Waals surface area contributed by atoms with E-state index >= 15 is 0 Å². The van der Waals surface area contributed by atoms with Crippen molar-refractivity contribution >= 4 is 17.4 Å². The average Bonchev–Trinajstić information content (AvgIpc) is 3.70. The van der Waals surface area contributed by atoms with Crippen molar-refractivity contribution in [1.29, 1.82) is 0 Å². The number of likely N-dealkylation sites (N-methyl/N-ethyl adjacent to an activating group) is 1. The molecule has 1 aliphatic rings. The summed E-state index contributed by atoms with van der Waals surface area (Å²) in [6, 6.07) is 11.5. The molecule has 0 aliphatic carbocycles. The molecule has 5 rings (SSSR count). The molecule has 0 bridgehead atoms. The van der Waals surface area contributed by atoms with E-state index in [-0.39, 0.29) is 17.4 Å². The lowest BCUT2D eigenvalue weighted by atomic mass is 10.0. The van der Waals surface area contributed by atoms with Gasteiger partial charge in [0.05, 0.1) is 16.8 Å². The summed E-state index contributed by atoms with van der Waals surface area (Å²) in [4.78, 5) is 36.6. The topological polar surface area (TPSA) is 128 Å². The number of carbonyl (C=O) groups is 1. The van der Waals surface area contributed by atoms with Crippen molar-refractivity contribution in [2.45, 2.75) is 31.8 Å². The fraction of sp³-hybridized carbons (Fsp3) is 0.321. The van der Waals surface area contributed by atoms with Gasteiger partial charge in [-0.1, -0.05) is 12.1 Å². The van der Waals surface area contributed by atoms with Crippen molar-refractivity contribution in [3.8, 4) is 16.8 Å². The van der Waals surface area contributed by atoms with Crippen molar-refractivity contribution in [3.63, 3.8) is 0 Å². The minimum Gasteiger partial charge on any atom is -0.378 e. The Balaban J connectivity index is 1.36. The van der Waals surface area contributed by atoms with Crippen molar-refractivity contribution in [1.82, 2.24) is 28.9 Å². The zero-order chi connectivity index (χ0) is 27.5. The number of nitrogens with two attached hydrogens (primary N) is 1. The van der Waals surface area contributed by atoms with Crippen LogP contribution in [0.25, 0.3) is 16.8 Å². The van der Waals surface area contributed by atoms with Crippen LogP contribution in [-0.4, -0.2) is 73.0 Å². The predicted molar refractivity (Wildman–Crippen MR) is 149 cm³/mol. The molecule has 1 fully saturated rings. The summed E-state index contributed by atoms with van der Waals surface area (Å²) < 4.78 is 3.98. The van der Waals surface area contributed by atoms with Gasteiger partial charge in [0.15, 0.2) is 0 Å². The Hall–Kier alpha value is -4.51. The van der Waals surface area contributed by atoms with Crippen molar-refractivity contribution < 1.29 is 9.72 Å². The number of nitro groups is 1. The summed E-state index contributed by atoms with van der Waals surface area (Å²) in [5.41, 5.74) is 9.79. The van der Waals surface area contributed by atoms with Gasteiger partial charge in [0, 0.05) is 73.5 Å². The first-order valence-electron chi connectivity index (χ1n) is 12.9. The molecule has 0 unspecified atom stereocenters. The van der Waals surface area contributed by atoms with Crippen LogP contribution < -0.4 is 5.73 Å². The SMILES string of the molecule is CN(C)[C@H]1CCN(C(=O)c2cn(CCCc3ccc([N+](=O)[O-])c(N)n3)cc2-c2ccc(-n3ccnc3)cc2)C1. The Bertz CT molecular complexity index is 1460. The molecule has 4 heterocycles. The smallest absolute Gasteiger partial charge is 0.311 e. The van der Waals surface area contributed by atoms with E-state index in [1.807, 2.05) is 56.9 Å². The molecule has 1 saturated heterocycles. The molecule has 2 N–H and O–H groups in total. The molecule has 202 valence electrons. The quantitative estimate of drug-likeness (QED) is 0.259. The maximum atomic E-state index is 13.7. The molecule has 0 radical (unpaired) electrons. The highest BCUT2D eigenvalue weighted by Crippen LogP contribution is 2.29. The number of hydrogen-bond donors (Lipinski definition) is 1. The second-order valence-corrected chi connectivity index (χ2v) is 10.1. The molecule has 1 aromatic carbocycles. The normalized spacial score (nSPS) is 15.3. The molecule has 11 nitrogen and oxygen atoms in total. The number of imidazole rings is 1. The van der Waals surface area contributed by atoms with Crippen molar-refractivity contribution in [3.05, 3.63) is 88.9 Å². The number of hydrogen-bond acceptors (Lipinski definition) is 7. The van der Waals surface area contributed by atoms with E-state index < -0.39 is 4.92 Å². The molecule has 39 heavy (non-hydrogen) atoms. The number of anilines is 1. The highest BCUT2D eigenvalue weighted by atomic mass is 16.6. The third kappa shape index (κ3) is 5.68. The summed E-state index contributed by atoms with van der Waals surface area (Å²) in [6.45, 7) is 2.11. The second kappa shape index (κ2) is 11.1. The molecule has 3 aromatic heterocycles. The number of rotatable bonds is 9. The maximum Gasteiger partial charge on any atom is 0.311 e. The predicted octanol–water partition coefficient (Wildman–Crippen LogP) is 3.64. The van der Waals surface area contributed by atoms with Crippen LogP contribution in [0.15, 0.2) is 67.5 Å². The molecule has 1 aliphatic heterocycles. The van der Waals surface area contributed by atoms with Gasteiger partial charge in [-0.3, -0.25) is 14.9 Å². The molecule has 0 saturated carbocycles. The van der Waals surface area contributed by atoms with Crippen LogP contribution in [-0.2, 0) is 13.0 Å². The highest BCUT2D eigenvalue weighted by molar-refractivity contribution is 6.01. The van der Waals surface area contributed by atoms with Gasteiger partial charge in [-0.2, -0.15) is 0 Å². The third-order valence-electron chi connectivity index (χ3n) is 7.28. The zero-order valence-corrected chi connectivity index (χ0v) is 22.1. The first-order chi connectivity index (χ1) is 18.8. The number of amides is 1. The lowest BCUT2D eigenvalue weighted by Gasteiger charge is -2.20. The number of benzene rings is 1. The standard InChI is InChI=1S/C28H32N8O3/c1-32(2)23-11-14-34(16-23)28(37)25-18-33(13-3-4-21-7-10-26(36(38)39)27(29)31-21)17-24(25)20-5-8-22(9-6-20)35-15-12-30-19-35/h5-10,12,15,17-19,23H,3-4,11,13-14,16H2,1-2H3,(H2,29,31)/t23-/m0/s1.